The van der Waals surface area contributed by atoms with E-state index in [9.17, 15) is 0 Å². The fourth-order valence-electron chi connectivity index (χ4n) is 8.67. The Balaban J connectivity index is 1.56. The average molecular weight is 272 g/mol. The molecule has 5 aliphatic rings. The second-order valence-electron chi connectivity index (χ2n) is 10.3. The molecular weight excluding hydrogens is 240 g/mol. The number of rotatable bonds is 0. The lowest BCUT2D eigenvalue weighted by Gasteiger charge is -2.56. The van der Waals surface area contributed by atoms with Crippen LogP contribution < -0.4 is 0 Å². The maximum absolute atomic E-state index is 2.62. The third-order valence-corrected chi connectivity index (χ3v) is 9.15. The molecule has 5 rings (SSSR count). The van der Waals surface area contributed by atoms with Crippen LogP contribution in [0.2, 0.25) is 0 Å². The molecule has 4 bridgehead atoms. The van der Waals surface area contributed by atoms with Crippen molar-refractivity contribution in [3.05, 3.63) is 0 Å². The quantitative estimate of drug-likeness (QED) is 0.544. The zero-order valence-electron chi connectivity index (χ0n) is 13.7. The predicted octanol–water partition coefficient (Wildman–Crippen LogP) is 5.52. The molecule has 0 aromatic rings. The molecule has 0 nitrogen and oxygen atoms in total. The van der Waals surface area contributed by atoms with Gasteiger partial charge in [0.15, 0.2) is 0 Å². The van der Waals surface area contributed by atoms with Crippen LogP contribution in [0.3, 0.4) is 0 Å². The minimum Gasteiger partial charge on any atom is -0.0622 e. The van der Waals surface area contributed by atoms with E-state index >= 15 is 0 Å². The monoisotopic (exact) mass is 272 g/mol. The Morgan fingerprint density at radius 2 is 1.65 bits per heavy atom. The highest BCUT2D eigenvalue weighted by molar-refractivity contribution is 5.13. The molecule has 5 aliphatic carbocycles. The molecule has 0 aromatic carbocycles. The molecule has 5 saturated carbocycles. The molecule has 0 radical (unpaired) electrons. The van der Waals surface area contributed by atoms with Gasteiger partial charge in [-0.3, -0.25) is 0 Å². The molecule has 0 heterocycles. The highest BCUT2D eigenvalue weighted by Gasteiger charge is 2.64. The van der Waals surface area contributed by atoms with E-state index in [1.54, 1.807) is 51.4 Å². The van der Waals surface area contributed by atoms with Gasteiger partial charge in [0, 0.05) is 0 Å². The van der Waals surface area contributed by atoms with E-state index in [1.807, 2.05) is 0 Å². The summed E-state index contributed by atoms with van der Waals surface area (Å²) in [5, 5.41) is 0. The van der Waals surface area contributed by atoms with Crippen LogP contribution in [0.15, 0.2) is 0 Å². The third kappa shape index (κ3) is 1.40. The summed E-state index contributed by atoms with van der Waals surface area (Å²) < 4.78 is 0. The van der Waals surface area contributed by atoms with Gasteiger partial charge < -0.3 is 0 Å². The van der Waals surface area contributed by atoms with Gasteiger partial charge >= 0.3 is 0 Å². The van der Waals surface area contributed by atoms with Crippen LogP contribution in [0.5, 0.6) is 0 Å². The Labute approximate surface area is 125 Å². The van der Waals surface area contributed by atoms with E-state index in [0.29, 0.717) is 0 Å². The van der Waals surface area contributed by atoms with E-state index in [2.05, 4.69) is 20.8 Å². The van der Waals surface area contributed by atoms with Crippen molar-refractivity contribution in [1.82, 2.24) is 0 Å². The zero-order valence-corrected chi connectivity index (χ0v) is 13.7. The van der Waals surface area contributed by atoms with Gasteiger partial charge in [-0.05, 0) is 104 Å². The largest absolute Gasteiger partial charge is 0.0622 e. The van der Waals surface area contributed by atoms with Crippen molar-refractivity contribution in [3.63, 3.8) is 0 Å². The molecule has 9 atom stereocenters. The van der Waals surface area contributed by atoms with Crippen LogP contribution in [0.1, 0.15) is 72.1 Å². The van der Waals surface area contributed by atoms with Crippen molar-refractivity contribution in [2.45, 2.75) is 72.1 Å². The number of hydrogen-bond donors (Lipinski definition) is 0. The van der Waals surface area contributed by atoms with E-state index in [0.717, 1.165) is 52.3 Å². The molecule has 9 unspecified atom stereocenters. The van der Waals surface area contributed by atoms with Crippen molar-refractivity contribution in [1.29, 1.82) is 0 Å². The summed E-state index contributed by atoms with van der Waals surface area (Å²) in [6, 6.07) is 0. The SMILES string of the molecule is CC1CC2C3CCC4(C)CC(CC25CC(C)C1C5)C3C4. The molecule has 0 aliphatic heterocycles. The minimum atomic E-state index is 0.755. The maximum Gasteiger partial charge on any atom is -0.0258 e. The topological polar surface area (TPSA) is 0 Å². The summed E-state index contributed by atoms with van der Waals surface area (Å²) in [7, 11) is 0. The van der Waals surface area contributed by atoms with Crippen LogP contribution in [-0.2, 0) is 0 Å². The van der Waals surface area contributed by atoms with Crippen molar-refractivity contribution in [2.75, 3.05) is 0 Å². The van der Waals surface area contributed by atoms with Gasteiger partial charge in [0.1, 0.15) is 0 Å². The Morgan fingerprint density at radius 1 is 0.800 bits per heavy atom. The Bertz CT molecular complexity index is 439. The minimum absolute atomic E-state index is 0.755. The van der Waals surface area contributed by atoms with E-state index in [-0.39, 0.29) is 0 Å². The van der Waals surface area contributed by atoms with Crippen molar-refractivity contribution in [3.8, 4) is 0 Å². The van der Waals surface area contributed by atoms with Crippen molar-refractivity contribution >= 4 is 0 Å². The molecular formula is C20H32. The van der Waals surface area contributed by atoms with E-state index in [4.69, 9.17) is 0 Å². The lowest BCUT2D eigenvalue weighted by atomic mass is 9.49. The molecule has 0 aromatic heterocycles. The first-order valence-electron chi connectivity index (χ1n) is 9.50. The predicted molar refractivity (Wildman–Crippen MR) is 83.3 cm³/mol. The maximum atomic E-state index is 2.62. The van der Waals surface area contributed by atoms with Gasteiger partial charge in [-0.1, -0.05) is 20.8 Å². The standard InChI is InChI=1S/C20H32/c1-12-6-18-15-4-5-19(3)8-14(17(15)10-19)9-20(18)7-13(2)16(12)11-20/h12-18H,4-11H2,1-3H3. The van der Waals surface area contributed by atoms with Crippen molar-refractivity contribution < 1.29 is 0 Å². The first-order chi connectivity index (χ1) is 9.50. The summed E-state index contributed by atoms with van der Waals surface area (Å²) in [6.07, 6.45) is 12.8. The van der Waals surface area contributed by atoms with Crippen LogP contribution >= 0.6 is 0 Å². The third-order valence-electron chi connectivity index (χ3n) is 9.15. The Hall–Kier alpha value is 0. The average Bonchev–Trinajstić information content (AvgIpc) is 2.82. The van der Waals surface area contributed by atoms with Gasteiger partial charge in [0.05, 0.1) is 0 Å². The lowest BCUT2D eigenvalue weighted by Crippen LogP contribution is -2.48. The molecule has 1 spiro atoms. The van der Waals surface area contributed by atoms with Crippen LogP contribution in [0, 0.1) is 52.3 Å². The van der Waals surface area contributed by atoms with Crippen LogP contribution in [-0.4, -0.2) is 0 Å². The molecule has 112 valence electrons. The fraction of sp³-hybridized carbons (Fsp3) is 1.00. The molecule has 0 saturated heterocycles. The highest BCUT2D eigenvalue weighted by atomic mass is 14.7. The summed E-state index contributed by atoms with van der Waals surface area (Å²) >= 11 is 0. The second kappa shape index (κ2) is 3.66. The van der Waals surface area contributed by atoms with E-state index < -0.39 is 0 Å². The summed E-state index contributed by atoms with van der Waals surface area (Å²) in [6.45, 7) is 7.79. The number of fused-ring (bicyclic) bond motifs is 3. The highest BCUT2D eigenvalue weighted by Crippen LogP contribution is 2.72. The first kappa shape index (κ1) is 12.5. The fourth-order valence-corrected chi connectivity index (χ4v) is 8.67. The number of hydrogen-bond acceptors (Lipinski definition) is 0. The molecule has 20 heavy (non-hydrogen) atoms. The Morgan fingerprint density at radius 3 is 2.50 bits per heavy atom. The molecule has 0 heteroatoms. The van der Waals surface area contributed by atoms with Gasteiger partial charge in [-0.15, -0.1) is 0 Å². The first-order valence-corrected chi connectivity index (χ1v) is 9.50. The van der Waals surface area contributed by atoms with Crippen molar-refractivity contribution in [2.24, 2.45) is 52.3 Å². The van der Waals surface area contributed by atoms with Crippen LogP contribution in [0.25, 0.3) is 0 Å². The van der Waals surface area contributed by atoms with Gasteiger partial charge in [-0.2, -0.15) is 0 Å². The smallest absolute Gasteiger partial charge is 0.0258 e. The second-order valence-corrected chi connectivity index (χ2v) is 10.3. The molecule has 0 N–H and O–H groups in total. The van der Waals surface area contributed by atoms with Gasteiger partial charge in [0.2, 0.25) is 0 Å². The normalized spacial score (nSPS) is 67.0. The Kier molecular flexibility index (Phi) is 2.30. The van der Waals surface area contributed by atoms with Gasteiger partial charge in [-0.25, -0.2) is 0 Å². The molecule has 0 amide bonds. The van der Waals surface area contributed by atoms with Gasteiger partial charge in [0.25, 0.3) is 0 Å². The van der Waals surface area contributed by atoms with Crippen LogP contribution in [0.4, 0.5) is 0 Å². The summed E-state index contributed by atoms with van der Waals surface area (Å²) in [4.78, 5) is 0. The van der Waals surface area contributed by atoms with E-state index in [1.165, 1.54) is 0 Å². The summed E-state index contributed by atoms with van der Waals surface area (Å²) in [5.41, 5.74) is 1.57. The lowest BCUT2D eigenvalue weighted by molar-refractivity contribution is -0.0666. The molecule has 5 fully saturated rings. The zero-order chi connectivity index (χ0) is 13.7. The summed E-state index contributed by atoms with van der Waals surface area (Å²) in [5.74, 6) is 7.67.